The highest BCUT2D eigenvalue weighted by Gasteiger charge is 2.25. The van der Waals surface area contributed by atoms with Crippen LogP contribution in [0, 0.1) is 0 Å². The maximum absolute atomic E-state index is 10.9. The Morgan fingerprint density at radius 1 is 1.23 bits per heavy atom. The Kier molecular flexibility index (Phi) is 9.79. The molecule has 1 aliphatic heterocycles. The smallest absolute Gasteiger partial charge is 0.224 e. The highest BCUT2D eigenvalue weighted by molar-refractivity contribution is 15.0. The van der Waals surface area contributed by atoms with Crippen molar-refractivity contribution in [2.75, 3.05) is 26.4 Å². The van der Waals surface area contributed by atoms with E-state index < -0.39 is 10.0 Å². The van der Waals surface area contributed by atoms with Crippen LogP contribution in [0.4, 0.5) is 0 Å². The molecule has 0 atom stereocenters. The van der Waals surface area contributed by atoms with Crippen molar-refractivity contribution in [3.63, 3.8) is 0 Å². The summed E-state index contributed by atoms with van der Waals surface area (Å²) in [6.45, 7) is 1.47. The molecule has 1 fully saturated rings. The van der Waals surface area contributed by atoms with Crippen molar-refractivity contribution in [2.45, 2.75) is 13.8 Å². The Hall–Kier alpha value is 1.33. The molecule has 0 aromatic carbocycles. The number of hydrogen-bond donors (Lipinski definition) is 0. The summed E-state index contributed by atoms with van der Waals surface area (Å²) in [5.41, 5.74) is 0. The summed E-state index contributed by atoms with van der Waals surface area (Å²) in [4.78, 5) is 0. The van der Waals surface area contributed by atoms with E-state index in [0.29, 0.717) is 6.54 Å². The van der Waals surface area contributed by atoms with E-state index in [0.717, 1.165) is 13.0 Å². The zero-order valence-electron chi connectivity index (χ0n) is 7.00. The maximum Gasteiger partial charge on any atom is 0.224 e. The van der Waals surface area contributed by atoms with Gasteiger partial charge in [0.25, 0.3) is 0 Å². The molecule has 1 rings (SSSR count). The van der Waals surface area contributed by atoms with Crippen molar-refractivity contribution >= 4 is 47.3 Å². The molecule has 4 nitrogen and oxygen atoms in total. The second-order valence-electron chi connectivity index (χ2n) is 2.54. The maximum atomic E-state index is 10.9. The molecule has 0 bridgehead atoms. The van der Waals surface area contributed by atoms with Crippen molar-refractivity contribution in [3.8, 4) is 0 Å². The van der Waals surface area contributed by atoms with Crippen LogP contribution in [0.15, 0.2) is 0 Å². The van der Waals surface area contributed by atoms with Gasteiger partial charge in [0.05, 0.1) is 6.26 Å². The first kappa shape index (κ1) is 16.7. The van der Waals surface area contributed by atoms with Crippen LogP contribution >= 0.6 is 37.2 Å². The molecule has 0 aromatic heterocycles. The molecule has 0 spiro atoms. The Bertz CT molecular complexity index is 221. The fraction of sp³-hybridized carbons (Fsp3) is 1.00. The SMILES string of the molecule is C.CN1CCCN1S(C)(=O)=O.II. The van der Waals surface area contributed by atoms with E-state index >= 15 is 0 Å². The lowest BCUT2D eigenvalue weighted by atomic mass is 10.5. The van der Waals surface area contributed by atoms with Gasteiger partial charge in [-0.05, 0) is 6.42 Å². The minimum atomic E-state index is -2.99. The lowest BCUT2D eigenvalue weighted by Gasteiger charge is -2.20. The molecule has 0 unspecified atom stereocenters. The fourth-order valence-corrected chi connectivity index (χ4v) is 2.18. The first-order chi connectivity index (χ1) is 5.52. The summed E-state index contributed by atoms with van der Waals surface area (Å²) in [5, 5.41) is 1.73. The molecule has 1 heterocycles. The van der Waals surface area contributed by atoms with Crippen molar-refractivity contribution in [1.82, 2.24) is 9.42 Å². The fourth-order valence-electron chi connectivity index (χ4n) is 1.14. The van der Waals surface area contributed by atoms with E-state index in [1.165, 1.54) is 10.7 Å². The highest BCUT2D eigenvalue weighted by Crippen LogP contribution is 2.10. The topological polar surface area (TPSA) is 40.6 Å². The molecule has 0 radical (unpaired) electrons. The van der Waals surface area contributed by atoms with Gasteiger partial charge in [0.1, 0.15) is 0 Å². The lowest BCUT2D eigenvalue weighted by Crippen LogP contribution is -2.37. The molecule has 13 heavy (non-hydrogen) atoms. The zero-order chi connectivity index (χ0) is 9.78. The van der Waals surface area contributed by atoms with E-state index in [4.69, 9.17) is 0 Å². The molecular formula is C6H16I2N2O2S. The van der Waals surface area contributed by atoms with E-state index in [1.54, 1.807) is 12.1 Å². The van der Waals surface area contributed by atoms with Gasteiger partial charge < -0.3 is 0 Å². The molecular weight excluding hydrogens is 418 g/mol. The number of rotatable bonds is 1. The Labute approximate surface area is 104 Å². The largest absolute Gasteiger partial charge is 0.231 e. The molecule has 7 heteroatoms. The van der Waals surface area contributed by atoms with Gasteiger partial charge in [-0.15, -0.1) is 4.41 Å². The van der Waals surface area contributed by atoms with Crippen molar-refractivity contribution in [2.24, 2.45) is 0 Å². The first-order valence-electron chi connectivity index (χ1n) is 3.35. The van der Waals surface area contributed by atoms with Gasteiger partial charge >= 0.3 is 0 Å². The predicted molar refractivity (Wildman–Crippen MR) is 73.6 cm³/mol. The monoisotopic (exact) mass is 434 g/mol. The second-order valence-corrected chi connectivity index (χ2v) is 4.43. The number of halogens is 2. The summed E-state index contributed by atoms with van der Waals surface area (Å²) < 4.78 is 23.3. The molecule has 0 N–H and O–H groups in total. The van der Waals surface area contributed by atoms with Crippen molar-refractivity contribution in [1.29, 1.82) is 0 Å². The van der Waals surface area contributed by atoms with Gasteiger partial charge in [0.2, 0.25) is 10.0 Å². The van der Waals surface area contributed by atoms with Crippen LogP contribution < -0.4 is 0 Å². The van der Waals surface area contributed by atoms with Gasteiger partial charge in [-0.1, -0.05) is 7.43 Å². The molecule has 1 aliphatic rings. The first-order valence-corrected chi connectivity index (χ1v) is 11.5. The Morgan fingerprint density at radius 2 is 1.69 bits per heavy atom. The number of hydrazine groups is 1. The van der Waals surface area contributed by atoms with Crippen molar-refractivity contribution < 1.29 is 8.42 Å². The summed E-state index contributed by atoms with van der Waals surface area (Å²) in [6, 6.07) is 0. The molecule has 1 saturated heterocycles. The third-order valence-electron chi connectivity index (χ3n) is 1.59. The van der Waals surface area contributed by atoms with Crippen LogP contribution in [0.25, 0.3) is 0 Å². The minimum absolute atomic E-state index is 0. The third-order valence-corrected chi connectivity index (χ3v) is 2.82. The second kappa shape index (κ2) is 7.60. The Morgan fingerprint density at radius 3 is 1.85 bits per heavy atom. The van der Waals surface area contributed by atoms with Crippen LogP contribution in [0.1, 0.15) is 13.8 Å². The Balaban J connectivity index is 0. The van der Waals surface area contributed by atoms with Gasteiger partial charge in [-0.3, -0.25) is 0 Å². The summed E-state index contributed by atoms with van der Waals surface area (Å²) >= 11 is 4.24. The van der Waals surface area contributed by atoms with E-state index in [9.17, 15) is 8.42 Å². The standard InChI is InChI=1S/C5H12N2O2S.CH4.I2/c1-6-4-3-5-7(6)10(2,8)9;;1-2/h3-5H2,1-2H3;1H4;. The van der Waals surface area contributed by atoms with E-state index in [-0.39, 0.29) is 7.43 Å². The average molecular weight is 434 g/mol. The van der Waals surface area contributed by atoms with Crippen LogP contribution in [0.3, 0.4) is 0 Å². The average Bonchev–Trinajstić information content (AvgIpc) is 2.38. The number of hydrogen-bond acceptors (Lipinski definition) is 3. The van der Waals surface area contributed by atoms with Crippen molar-refractivity contribution in [3.05, 3.63) is 0 Å². The van der Waals surface area contributed by atoms with Crippen LogP contribution in [-0.2, 0) is 10.0 Å². The summed E-state index contributed by atoms with van der Waals surface area (Å²) in [7, 11) is -1.21. The van der Waals surface area contributed by atoms with Gasteiger partial charge in [-0.25, -0.2) is 13.4 Å². The predicted octanol–water partition coefficient (Wildman–Crippen LogP) is 1.91. The van der Waals surface area contributed by atoms with Gasteiger partial charge in [-0.2, -0.15) is 0 Å². The lowest BCUT2D eigenvalue weighted by molar-refractivity contribution is 0.160. The molecule has 82 valence electrons. The molecule has 0 aliphatic carbocycles. The van der Waals surface area contributed by atoms with Gasteiger partial charge in [0.15, 0.2) is 0 Å². The zero-order valence-corrected chi connectivity index (χ0v) is 12.1. The number of nitrogens with zero attached hydrogens (tertiary/aromatic N) is 2. The highest BCUT2D eigenvalue weighted by atomic mass is 128. The normalized spacial score (nSPS) is 18.8. The molecule has 0 amide bonds. The molecule has 0 saturated carbocycles. The van der Waals surface area contributed by atoms with Crippen LogP contribution in [0.5, 0.6) is 0 Å². The number of sulfonamides is 1. The molecule has 0 aromatic rings. The van der Waals surface area contributed by atoms with Gasteiger partial charge in [0, 0.05) is 57.4 Å². The van der Waals surface area contributed by atoms with E-state index in [2.05, 4.69) is 37.2 Å². The third kappa shape index (κ3) is 5.70. The van der Waals surface area contributed by atoms with Crippen LogP contribution in [0.2, 0.25) is 0 Å². The quantitative estimate of drug-likeness (QED) is 0.593. The van der Waals surface area contributed by atoms with E-state index in [1.807, 2.05) is 0 Å². The minimum Gasteiger partial charge on any atom is -0.231 e. The summed E-state index contributed by atoms with van der Waals surface area (Å²) in [6.07, 6.45) is 2.17. The summed E-state index contributed by atoms with van der Waals surface area (Å²) in [5.74, 6) is 0. The van der Waals surface area contributed by atoms with Crippen LogP contribution in [-0.4, -0.2) is 44.2 Å².